The maximum atomic E-state index is 12.4. The number of rotatable bonds is 6. The Hall–Kier alpha value is -3.06. The number of carbonyl (C=O) groups excluding carboxylic acids is 2. The smallest absolute Gasteiger partial charge is 0.408 e. The minimum Gasteiger partial charge on any atom is -0.449 e. The molecule has 7 nitrogen and oxygen atoms in total. The molecule has 0 spiro atoms. The van der Waals surface area contributed by atoms with Crippen molar-refractivity contribution in [2.45, 2.75) is 51.3 Å². The van der Waals surface area contributed by atoms with Gasteiger partial charge in [-0.15, -0.1) is 0 Å². The van der Waals surface area contributed by atoms with E-state index in [0.29, 0.717) is 0 Å². The van der Waals surface area contributed by atoms with E-state index in [0.717, 1.165) is 22.3 Å². The van der Waals surface area contributed by atoms with Crippen molar-refractivity contribution in [2.24, 2.45) is 0 Å². The first kappa shape index (κ1) is 22.6. The van der Waals surface area contributed by atoms with Gasteiger partial charge in [0, 0.05) is 5.92 Å². The molecule has 0 fully saturated rings. The number of hydrogen-bond acceptors (Lipinski definition) is 5. The van der Waals surface area contributed by atoms with Crippen LogP contribution in [0.25, 0.3) is 11.1 Å². The maximum Gasteiger partial charge on any atom is 0.408 e. The van der Waals surface area contributed by atoms with Crippen molar-refractivity contribution in [3.05, 3.63) is 59.7 Å². The lowest BCUT2D eigenvalue weighted by molar-refractivity contribution is 0.0464. The highest BCUT2D eigenvalue weighted by Gasteiger charge is 2.30. The number of amides is 2. The SMILES string of the molecule is C[C@@H](NC(=O)OCC1c2ccccc2-c2ccccc21)[C@@H](CO)NC(=O)OC(C)(C)C. The number of carbonyl (C=O) groups is 2. The lowest BCUT2D eigenvalue weighted by Gasteiger charge is -2.26. The molecule has 0 aliphatic heterocycles. The van der Waals surface area contributed by atoms with Crippen LogP contribution in [0.1, 0.15) is 44.7 Å². The van der Waals surface area contributed by atoms with Gasteiger partial charge in [0.25, 0.3) is 0 Å². The van der Waals surface area contributed by atoms with Gasteiger partial charge < -0.3 is 25.2 Å². The van der Waals surface area contributed by atoms with Gasteiger partial charge in [-0.2, -0.15) is 0 Å². The van der Waals surface area contributed by atoms with Crippen molar-refractivity contribution in [2.75, 3.05) is 13.2 Å². The predicted molar refractivity (Wildman–Crippen MR) is 118 cm³/mol. The van der Waals surface area contributed by atoms with Gasteiger partial charge in [0.1, 0.15) is 12.2 Å². The first-order valence-electron chi connectivity index (χ1n) is 10.4. The average molecular weight is 427 g/mol. The summed E-state index contributed by atoms with van der Waals surface area (Å²) < 4.78 is 10.7. The number of ether oxygens (including phenoxy) is 2. The van der Waals surface area contributed by atoms with E-state index in [9.17, 15) is 14.7 Å². The minimum absolute atomic E-state index is 0.0398. The van der Waals surface area contributed by atoms with Crippen molar-refractivity contribution in [3.63, 3.8) is 0 Å². The molecule has 0 saturated heterocycles. The minimum atomic E-state index is -0.713. The molecule has 1 aliphatic rings. The number of hydrogen-bond donors (Lipinski definition) is 3. The Bertz CT molecular complexity index is 892. The summed E-state index contributed by atoms with van der Waals surface area (Å²) in [5.41, 5.74) is 3.91. The molecule has 7 heteroatoms. The van der Waals surface area contributed by atoms with Gasteiger partial charge in [-0.05, 0) is 49.9 Å². The Morgan fingerprint density at radius 1 is 0.968 bits per heavy atom. The Morgan fingerprint density at radius 3 is 2.03 bits per heavy atom. The average Bonchev–Trinajstić information content (AvgIpc) is 3.03. The molecular weight excluding hydrogens is 396 g/mol. The van der Waals surface area contributed by atoms with E-state index >= 15 is 0 Å². The predicted octanol–water partition coefficient (Wildman–Crippen LogP) is 3.80. The molecule has 2 aromatic carbocycles. The van der Waals surface area contributed by atoms with Crippen molar-refractivity contribution < 1.29 is 24.2 Å². The molecule has 166 valence electrons. The zero-order chi connectivity index (χ0) is 22.6. The fraction of sp³-hybridized carbons (Fsp3) is 0.417. The third kappa shape index (κ3) is 5.55. The van der Waals surface area contributed by atoms with Gasteiger partial charge in [-0.25, -0.2) is 9.59 Å². The number of alkyl carbamates (subject to hydrolysis) is 2. The molecule has 0 radical (unpaired) electrons. The quantitative estimate of drug-likeness (QED) is 0.653. The molecule has 3 N–H and O–H groups in total. The van der Waals surface area contributed by atoms with Crippen molar-refractivity contribution in [3.8, 4) is 11.1 Å². The Morgan fingerprint density at radius 2 is 1.52 bits per heavy atom. The van der Waals surface area contributed by atoms with Crippen molar-refractivity contribution >= 4 is 12.2 Å². The van der Waals surface area contributed by atoms with Crippen LogP contribution in [0.15, 0.2) is 48.5 Å². The Labute approximate surface area is 182 Å². The fourth-order valence-corrected chi connectivity index (χ4v) is 3.71. The molecule has 0 saturated carbocycles. The van der Waals surface area contributed by atoms with E-state index in [4.69, 9.17) is 9.47 Å². The molecule has 2 amide bonds. The highest BCUT2D eigenvalue weighted by atomic mass is 16.6. The molecule has 1 aliphatic carbocycles. The largest absolute Gasteiger partial charge is 0.449 e. The van der Waals surface area contributed by atoms with E-state index in [1.807, 2.05) is 24.3 Å². The van der Waals surface area contributed by atoms with Gasteiger partial charge in [-0.3, -0.25) is 0 Å². The standard InChI is InChI=1S/C24H30N2O5/c1-15(21(13-27)26-23(29)31-24(2,3)4)25-22(28)30-14-20-18-11-7-5-9-16(18)17-10-6-8-12-19(17)20/h5-12,15,20-21,27H,13-14H2,1-4H3,(H,25,28)(H,26,29)/t15-,21-/m1/s1. The van der Waals surface area contributed by atoms with E-state index in [1.54, 1.807) is 27.7 Å². The second-order valence-electron chi connectivity index (χ2n) is 8.69. The van der Waals surface area contributed by atoms with Crippen LogP contribution in [0.2, 0.25) is 0 Å². The van der Waals surface area contributed by atoms with Crippen LogP contribution in [-0.4, -0.2) is 48.2 Å². The van der Waals surface area contributed by atoms with E-state index in [-0.39, 0.29) is 19.1 Å². The number of benzene rings is 2. The molecule has 0 bridgehead atoms. The monoisotopic (exact) mass is 426 g/mol. The molecule has 0 unspecified atom stereocenters. The summed E-state index contributed by atoms with van der Waals surface area (Å²) >= 11 is 0. The first-order valence-corrected chi connectivity index (χ1v) is 10.4. The van der Waals surface area contributed by atoms with Gasteiger partial charge in [0.2, 0.25) is 0 Å². The van der Waals surface area contributed by atoms with E-state index in [1.165, 1.54) is 0 Å². The van der Waals surface area contributed by atoms with Crippen molar-refractivity contribution in [1.29, 1.82) is 0 Å². The summed E-state index contributed by atoms with van der Waals surface area (Å²) in [5, 5.41) is 14.9. The van der Waals surface area contributed by atoms with Crippen LogP contribution >= 0.6 is 0 Å². The first-order chi connectivity index (χ1) is 14.7. The highest BCUT2D eigenvalue weighted by molar-refractivity contribution is 5.79. The summed E-state index contributed by atoms with van der Waals surface area (Å²) in [7, 11) is 0. The molecule has 3 rings (SSSR count). The summed E-state index contributed by atoms with van der Waals surface area (Å²) in [4.78, 5) is 24.4. The third-order valence-electron chi connectivity index (χ3n) is 5.19. The lowest BCUT2D eigenvalue weighted by atomic mass is 9.98. The summed E-state index contributed by atoms with van der Waals surface area (Å²) in [6.07, 6.45) is -1.27. The Balaban J connectivity index is 1.58. The molecule has 0 aromatic heterocycles. The second-order valence-corrected chi connectivity index (χ2v) is 8.69. The van der Waals surface area contributed by atoms with E-state index < -0.39 is 29.9 Å². The third-order valence-corrected chi connectivity index (χ3v) is 5.19. The highest BCUT2D eigenvalue weighted by Crippen LogP contribution is 2.44. The van der Waals surface area contributed by atoms with Gasteiger partial charge >= 0.3 is 12.2 Å². The van der Waals surface area contributed by atoms with Gasteiger partial charge in [0.05, 0.1) is 18.7 Å². The molecular formula is C24H30N2O5. The Kier molecular flexibility index (Phi) is 6.85. The van der Waals surface area contributed by atoms with Crippen LogP contribution in [-0.2, 0) is 9.47 Å². The number of fused-ring (bicyclic) bond motifs is 3. The van der Waals surface area contributed by atoms with Crippen LogP contribution in [0, 0.1) is 0 Å². The molecule has 0 heterocycles. The second kappa shape index (κ2) is 9.39. The van der Waals surface area contributed by atoms with Crippen molar-refractivity contribution in [1.82, 2.24) is 10.6 Å². The summed E-state index contributed by atoms with van der Waals surface area (Å²) in [5.74, 6) is -0.0398. The normalized spacial score (nSPS) is 14.7. The molecule has 2 aromatic rings. The zero-order valence-corrected chi connectivity index (χ0v) is 18.3. The lowest BCUT2D eigenvalue weighted by Crippen LogP contribution is -2.53. The van der Waals surface area contributed by atoms with Crippen LogP contribution in [0.5, 0.6) is 0 Å². The molecule has 31 heavy (non-hydrogen) atoms. The number of aliphatic hydroxyl groups is 1. The molecule has 2 atom stereocenters. The summed E-state index contributed by atoms with van der Waals surface area (Å²) in [6, 6.07) is 14.9. The van der Waals surface area contributed by atoms with Gasteiger partial charge in [-0.1, -0.05) is 48.5 Å². The van der Waals surface area contributed by atoms with Crippen LogP contribution < -0.4 is 10.6 Å². The van der Waals surface area contributed by atoms with Gasteiger partial charge in [0.15, 0.2) is 0 Å². The fourth-order valence-electron chi connectivity index (χ4n) is 3.71. The van der Waals surface area contributed by atoms with Crippen LogP contribution in [0.4, 0.5) is 9.59 Å². The maximum absolute atomic E-state index is 12.4. The van der Waals surface area contributed by atoms with Crippen LogP contribution in [0.3, 0.4) is 0 Å². The number of nitrogens with one attached hydrogen (secondary N) is 2. The topological polar surface area (TPSA) is 96.9 Å². The zero-order valence-electron chi connectivity index (χ0n) is 18.3. The number of aliphatic hydroxyl groups excluding tert-OH is 1. The van der Waals surface area contributed by atoms with E-state index in [2.05, 4.69) is 34.9 Å². The summed E-state index contributed by atoms with van der Waals surface area (Å²) in [6.45, 7) is 6.76.